The molecule has 2 nitrogen and oxygen atoms in total. The molecule has 2 heteroatoms. The minimum atomic E-state index is 0.899. The maximum absolute atomic E-state index is 5.14. The molecule has 0 radical (unpaired) electrons. The Morgan fingerprint density at radius 2 is 2.40 bits per heavy atom. The number of allylic oxidation sites excluding steroid dienone is 3. The minimum Gasteiger partial charge on any atom is -0.405 e. The van der Waals surface area contributed by atoms with Crippen LogP contribution >= 0.6 is 0 Å². The molecule has 0 atom stereocenters. The maximum Gasteiger partial charge on any atom is 0.0334 e. The Labute approximate surface area is 62.1 Å². The lowest BCUT2D eigenvalue weighted by Crippen LogP contribution is -2.09. The number of nitrogens with two attached hydrogens (primary N) is 1. The molecule has 0 rings (SSSR count). The van der Waals surface area contributed by atoms with Gasteiger partial charge in [0.25, 0.3) is 0 Å². The fourth-order valence-electron chi connectivity index (χ4n) is 0.562. The number of likely N-dealkylation sites (N-methyl/N-ethyl adjacent to an activating group) is 1. The van der Waals surface area contributed by atoms with Crippen LogP contribution < -0.4 is 11.1 Å². The van der Waals surface area contributed by atoms with Crippen LogP contribution in [-0.4, -0.2) is 6.54 Å². The summed E-state index contributed by atoms with van der Waals surface area (Å²) >= 11 is 0. The fourth-order valence-corrected chi connectivity index (χ4v) is 0.562. The molecular weight excluding hydrogens is 124 g/mol. The van der Waals surface area contributed by atoms with E-state index in [1.54, 1.807) is 12.2 Å². The van der Waals surface area contributed by atoms with Gasteiger partial charge in [0.1, 0.15) is 0 Å². The van der Waals surface area contributed by atoms with Crippen LogP contribution in [-0.2, 0) is 0 Å². The van der Waals surface area contributed by atoms with Crippen molar-refractivity contribution in [3.8, 4) is 0 Å². The zero-order valence-corrected chi connectivity index (χ0v) is 6.30. The highest BCUT2D eigenvalue weighted by Gasteiger charge is 1.81. The molecule has 0 amide bonds. The van der Waals surface area contributed by atoms with Gasteiger partial charge in [0, 0.05) is 12.2 Å². The summed E-state index contributed by atoms with van der Waals surface area (Å²) < 4.78 is 0. The third-order valence-electron chi connectivity index (χ3n) is 0.988. The van der Waals surface area contributed by atoms with E-state index >= 15 is 0 Å². The van der Waals surface area contributed by atoms with Crippen molar-refractivity contribution in [2.45, 2.75) is 6.92 Å². The first-order valence-corrected chi connectivity index (χ1v) is 3.30. The van der Waals surface area contributed by atoms with Gasteiger partial charge in [-0.15, -0.1) is 0 Å². The van der Waals surface area contributed by atoms with E-state index in [4.69, 9.17) is 5.73 Å². The molecule has 0 saturated carbocycles. The number of rotatable bonds is 4. The van der Waals surface area contributed by atoms with Gasteiger partial charge in [-0.3, -0.25) is 0 Å². The third-order valence-corrected chi connectivity index (χ3v) is 0.988. The lowest BCUT2D eigenvalue weighted by atomic mass is 10.3. The highest BCUT2D eigenvalue weighted by molar-refractivity contribution is 5.19. The van der Waals surface area contributed by atoms with E-state index in [0.717, 1.165) is 12.2 Å². The van der Waals surface area contributed by atoms with Crippen LogP contribution in [0.3, 0.4) is 0 Å². The first kappa shape index (κ1) is 8.82. The van der Waals surface area contributed by atoms with Gasteiger partial charge in [0.05, 0.1) is 0 Å². The van der Waals surface area contributed by atoms with Crippen molar-refractivity contribution in [3.63, 3.8) is 0 Å². The molecule has 0 fully saturated rings. The Morgan fingerprint density at radius 3 is 2.80 bits per heavy atom. The van der Waals surface area contributed by atoms with E-state index in [1.165, 1.54) is 6.20 Å². The van der Waals surface area contributed by atoms with Gasteiger partial charge in [0.15, 0.2) is 0 Å². The average molecular weight is 138 g/mol. The fraction of sp³-hybridized carbons (Fsp3) is 0.250. The smallest absolute Gasteiger partial charge is 0.0334 e. The van der Waals surface area contributed by atoms with E-state index in [0.29, 0.717) is 0 Å². The molecule has 0 aliphatic rings. The Hall–Kier alpha value is -1.18. The standard InChI is InChI=1S/C8H14N2/c1-3-8(10-4-2)6-5-7-9/h3,5-7,10H,1,4,9H2,2H3/b7-5-,8-6+. The minimum absolute atomic E-state index is 0.899. The molecule has 0 aromatic heterocycles. The second kappa shape index (κ2) is 5.95. The monoisotopic (exact) mass is 138 g/mol. The van der Waals surface area contributed by atoms with Crippen LogP contribution in [0.4, 0.5) is 0 Å². The molecule has 10 heavy (non-hydrogen) atoms. The first-order chi connectivity index (χ1) is 4.85. The van der Waals surface area contributed by atoms with Crippen LogP contribution in [0.2, 0.25) is 0 Å². The summed E-state index contributed by atoms with van der Waals surface area (Å²) in [5, 5.41) is 3.10. The van der Waals surface area contributed by atoms with E-state index in [-0.39, 0.29) is 0 Å². The predicted molar refractivity (Wildman–Crippen MR) is 45.3 cm³/mol. The zero-order chi connectivity index (χ0) is 7.82. The first-order valence-electron chi connectivity index (χ1n) is 3.30. The van der Waals surface area contributed by atoms with Crippen molar-refractivity contribution in [3.05, 3.63) is 36.7 Å². The van der Waals surface area contributed by atoms with E-state index in [2.05, 4.69) is 11.9 Å². The van der Waals surface area contributed by atoms with E-state index < -0.39 is 0 Å². The summed E-state index contributed by atoms with van der Waals surface area (Å²) in [4.78, 5) is 0. The van der Waals surface area contributed by atoms with Crippen molar-refractivity contribution in [2.75, 3.05) is 6.54 Å². The van der Waals surface area contributed by atoms with Crippen LogP contribution in [0.15, 0.2) is 36.7 Å². The third kappa shape index (κ3) is 3.78. The second-order valence-corrected chi connectivity index (χ2v) is 1.74. The Morgan fingerprint density at radius 1 is 1.70 bits per heavy atom. The topological polar surface area (TPSA) is 38.0 Å². The van der Waals surface area contributed by atoms with Gasteiger partial charge in [-0.1, -0.05) is 6.58 Å². The maximum atomic E-state index is 5.14. The van der Waals surface area contributed by atoms with E-state index in [1.807, 2.05) is 13.0 Å². The van der Waals surface area contributed by atoms with Gasteiger partial charge in [-0.2, -0.15) is 0 Å². The van der Waals surface area contributed by atoms with Gasteiger partial charge in [-0.25, -0.2) is 0 Å². The van der Waals surface area contributed by atoms with E-state index in [9.17, 15) is 0 Å². The summed E-state index contributed by atoms with van der Waals surface area (Å²) in [5.41, 5.74) is 6.13. The summed E-state index contributed by atoms with van der Waals surface area (Å²) in [5.74, 6) is 0. The average Bonchev–Trinajstić information content (AvgIpc) is 1.98. The molecule has 0 aliphatic carbocycles. The largest absolute Gasteiger partial charge is 0.405 e. The van der Waals surface area contributed by atoms with Crippen molar-refractivity contribution in [1.82, 2.24) is 5.32 Å². The molecule has 0 aromatic carbocycles. The van der Waals surface area contributed by atoms with Crippen molar-refractivity contribution >= 4 is 0 Å². The Kier molecular flexibility index (Phi) is 5.25. The molecular formula is C8H14N2. The van der Waals surface area contributed by atoms with Crippen molar-refractivity contribution in [1.29, 1.82) is 0 Å². The predicted octanol–water partition coefficient (Wildman–Crippen LogP) is 1.14. The molecule has 0 aromatic rings. The van der Waals surface area contributed by atoms with Gasteiger partial charge < -0.3 is 11.1 Å². The lowest BCUT2D eigenvalue weighted by Gasteiger charge is -2.00. The van der Waals surface area contributed by atoms with Crippen molar-refractivity contribution < 1.29 is 0 Å². The molecule has 3 N–H and O–H groups in total. The van der Waals surface area contributed by atoms with Crippen LogP contribution in [0.25, 0.3) is 0 Å². The van der Waals surface area contributed by atoms with Gasteiger partial charge >= 0.3 is 0 Å². The number of hydrogen-bond donors (Lipinski definition) is 2. The lowest BCUT2D eigenvalue weighted by molar-refractivity contribution is 0.879. The highest BCUT2D eigenvalue weighted by Crippen LogP contribution is 1.88. The van der Waals surface area contributed by atoms with Crippen LogP contribution in [0.5, 0.6) is 0 Å². The quantitative estimate of drug-likeness (QED) is 0.572. The Balaban J connectivity index is 3.90. The summed E-state index contributed by atoms with van der Waals surface area (Å²) in [6, 6.07) is 0. The highest BCUT2D eigenvalue weighted by atomic mass is 14.9. The SMILES string of the molecule is C=C/C(=C\C=C/N)NCC. The van der Waals surface area contributed by atoms with Gasteiger partial charge in [-0.05, 0) is 31.4 Å². The second-order valence-electron chi connectivity index (χ2n) is 1.74. The summed E-state index contributed by atoms with van der Waals surface area (Å²) in [6.45, 7) is 6.56. The summed E-state index contributed by atoms with van der Waals surface area (Å²) in [7, 11) is 0. The Bertz CT molecular complexity index is 145. The molecule has 0 saturated heterocycles. The number of nitrogens with one attached hydrogen (secondary N) is 1. The number of hydrogen-bond acceptors (Lipinski definition) is 2. The summed E-state index contributed by atoms with van der Waals surface area (Å²) in [6.07, 6.45) is 6.88. The zero-order valence-electron chi connectivity index (χ0n) is 6.30. The molecule has 0 bridgehead atoms. The molecule has 0 spiro atoms. The molecule has 0 aliphatic heterocycles. The van der Waals surface area contributed by atoms with Gasteiger partial charge in [0.2, 0.25) is 0 Å². The van der Waals surface area contributed by atoms with Crippen LogP contribution in [0, 0.1) is 0 Å². The van der Waals surface area contributed by atoms with Crippen LogP contribution in [0.1, 0.15) is 6.92 Å². The molecule has 56 valence electrons. The molecule has 0 heterocycles. The van der Waals surface area contributed by atoms with Crippen molar-refractivity contribution in [2.24, 2.45) is 5.73 Å². The normalized spacial score (nSPS) is 11.9. The molecule has 0 unspecified atom stereocenters.